The SMILES string of the molecule is CCOC(=O)CCC(=O)c1ccc(C(C)(F)F)cc1. The van der Waals surface area contributed by atoms with Crippen LogP contribution in [0.2, 0.25) is 0 Å². The highest BCUT2D eigenvalue weighted by Gasteiger charge is 2.24. The molecule has 1 aromatic carbocycles. The molecular formula is C14H16F2O3. The number of rotatable bonds is 6. The Labute approximate surface area is 110 Å². The molecule has 0 aliphatic rings. The van der Waals surface area contributed by atoms with Crippen molar-refractivity contribution in [3.63, 3.8) is 0 Å². The molecule has 1 rings (SSSR count). The molecule has 0 unspecified atom stereocenters. The van der Waals surface area contributed by atoms with E-state index >= 15 is 0 Å². The zero-order chi connectivity index (χ0) is 14.5. The number of ketones is 1. The highest BCUT2D eigenvalue weighted by Crippen LogP contribution is 2.26. The molecule has 0 atom stereocenters. The number of alkyl halides is 2. The first-order chi connectivity index (χ1) is 8.84. The summed E-state index contributed by atoms with van der Waals surface area (Å²) in [5.74, 6) is -3.63. The number of hydrogen-bond acceptors (Lipinski definition) is 3. The Morgan fingerprint density at radius 2 is 1.74 bits per heavy atom. The minimum atomic E-state index is -2.92. The zero-order valence-electron chi connectivity index (χ0n) is 10.9. The van der Waals surface area contributed by atoms with Crippen molar-refractivity contribution in [3.05, 3.63) is 35.4 Å². The predicted molar refractivity (Wildman–Crippen MR) is 66.2 cm³/mol. The third-order valence-corrected chi connectivity index (χ3v) is 2.58. The van der Waals surface area contributed by atoms with Crippen LogP contribution in [0.1, 0.15) is 42.6 Å². The third-order valence-electron chi connectivity index (χ3n) is 2.58. The summed E-state index contributed by atoms with van der Waals surface area (Å²) in [4.78, 5) is 22.8. The zero-order valence-corrected chi connectivity index (χ0v) is 10.9. The highest BCUT2D eigenvalue weighted by atomic mass is 19.3. The van der Waals surface area contributed by atoms with Gasteiger partial charge in [-0.25, -0.2) is 8.78 Å². The van der Waals surface area contributed by atoms with Gasteiger partial charge in [0.15, 0.2) is 5.78 Å². The molecule has 0 spiro atoms. The van der Waals surface area contributed by atoms with Crippen LogP contribution < -0.4 is 0 Å². The van der Waals surface area contributed by atoms with Gasteiger partial charge >= 0.3 is 5.97 Å². The summed E-state index contributed by atoms with van der Waals surface area (Å²) in [6, 6.07) is 5.13. The molecule has 0 aromatic heterocycles. The lowest BCUT2D eigenvalue weighted by Gasteiger charge is -2.10. The molecule has 0 amide bonds. The maximum absolute atomic E-state index is 13.0. The summed E-state index contributed by atoms with van der Waals surface area (Å²) in [5.41, 5.74) is 0.173. The fourth-order valence-corrected chi connectivity index (χ4v) is 1.54. The Morgan fingerprint density at radius 1 is 1.16 bits per heavy atom. The molecular weight excluding hydrogens is 254 g/mol. The number of halogens is 2. The fraction of sp³-hybridized carbons (Fsp3) is 0.429. The molecule has 0 aliphatic carbocycles. The number of esters is 1. The van der Waals surface area contributed by atoms with Crippen LogP contribution in [0.4, 0.5) is 8.78 Å². The van der Waals surface area contributed by atoms with Gasteiger partial charge in [0.25, 0.3) is 5.92 Å². The van der Waals surface area contributed by atoms with Crippen LogP contribution in [-0.2, 0) is 15.5 Å². The van der Waals surface area contributed by atoms with Gasteiger partial charge in [-0.2, -0.15) is 0 Å². The van der Waals surface area contributed by atoms with Gasteiger partial charge in [0.1, 0.15) is 0 Å². The number of Topliss-reactive ketones (excluding diaryl/α,β-unsaturated/α-hetero) is 1. The second-order valence-corrected chi connectivity index (χ2v) is 4.19. The average molecular weight is 270 g/mol. The molecule has 0 aliphatic heterocycles. The second-order valence-electron chi connectivity index (χ2n) is 4.19. The van der Waals surface area contributed by atoms with E-state index in [0.717, 1.165) is 6.92 Å². The largest absolute Gasteiger partial charge is 0.466 e. The van der Waals surface area contributed by atoms with Crippen molar-refractivity contribution in [1.82, 2.24) is 0 Å². The molecule has 1 aromatic rings. The molecule has 19 heavy (non-hydrogen) atoms. The van der Waals surface area contributed by atoms with Crippen LogP contribution in [0.25, 0.3) is 0 Å². The Kier molecular flexibility index (Phi) is 5.15. The smallest absolute Gasteiger partial charge is 0.306 e. The van der Waals surface area contributed by atoms with E-state index in [4.69, 9.17) is 4.74 Å². The Hall–Kier alpha value is -1.78. The molecule has 0 bridgehead atoms. The van der Waals surface area contributed by atoms with Gasteiger partial charge in [0.2, 0.25) is 0 Å². The van der Waals surface area contributed by atoms with E-state index in [1.807, 2.05) is 0 Å². The predicted octanol–water partition coefficient (Wildman–Crippen LogP) is 3.32. The quantitative estimate of drug-likeness (QED) is 0.588. The van der Waals surface area contributed by atoms with Crippen molar-refractivity contribution in [1.29, 1.82) is 0 Å². The van der Waals surface area contributed by atoms with Crippen LogP contribution in [0.3, 0.4) is 0 Å². The van der Waals surface area contributed by atoms with Gasteiger partial charge in [-0.05, 0) is 6.92 Å². The molecule has 0 saturated carbocycles. The minimum Gasteiger partial charge on any atom is -0.466 e. The highest BCUT2D eigenvalue weighted by molar-refractivity contribution is 5.97. The standard InChI is InChI=1S/C14H16F2O3/c1-3-19-13(18)9-8-12(17)10-4-6-11(7-5-10)14(2,15)16/h4-7H,3,8-9H2,1-2H3. The van der Waals surface area contributed by atoms with Crippen molar-refractivity contribution in [2.45, 2.75) is 32.6 Å². The van der Waals surface area contributed by atoms with E-state index in [1.165, 1.54) is 24.3 Å². The van der Waals surface area contributed by atoms with Crippen LogP contribution in [-0.4, -0.2) is 18.4 Å². The monoisotopic (exact) mass is 270 g/mol. The number of carbonyl (C=O) groups is 2. The van der Waals surface area contributed by atoms with Crippen molar-refractivity contribution in [2.75, 3.05) is 6.61 Å². The fourth-order valence-electron chi connectivity index (χ4n) is 1.54. The van der Waals surface area contributed by atoms with E-state index in [9.17, 15) is 18.4 Å². The minimum absolute atomic E-state index is 0.00162. The van der Waals surface area contributed by atoms with Crippen LogP contribution in [0.5, 0.6) is 0 Å². The van der Waals surface area contributed by atoms with E-state index in [1.54, 1.807) is 6.92 Å². The summed E-state index contributed by atoms with van der Waals surface area (Å²) in [6.07, 6.45) is 0.0130. The van der Waals surface area contributed by atoms with Gasteiger partial charge in [-0.1, -0.05) is 24.3 Å². The maximum Gasteiger partial charge on any atom is 0.306 e. The molecule has 0 N–H and O–H groups in total. The van der Waals surface area contributed by atoms with Crippen LogP contribution in [0, 0.1) is 0 Å². The topological polar surface area (TPSA) is 43.4 Å². The van der Waals surface area contributed by atoms with Crippen LogP contribution in [0.15, 0.2) is 24.3 Å². The van der Waals surface area contributed by atoms with Gasteiger partial charge < -0.3 is 4.74 Å². The third kappa shape index (κ3) is 4.77. The van der Waals surface area contributed by atoms with E-state index in [2.05, 4.69) is 0 Å². The molecule has 104 valence electrons. The van der Waals surface area contributed by atoms with Crippen molar-refractivity contribution in [3.8, 4) is 0 Å². The first kappa shape index (κ1) is 15.3. The van der Waals surface area contributed by atoms with Crippen molar-refractivity contribution >= 4 is 11.8 Å². The molecule has 0 heterocycles. The Morgan fingerprint density at radius 3 is 2.21 bits per heavy atom. The summed E-state index contributed by atoms with van der Waals surface area (Å²) >= 11 is 0. The Balaban J connectivity index is 2.61. The van der Waals surface area contributed by atoms with Gasteiger partial charge in [-0.3, -0.25) is 9.59 Å². The molecule has 0 saturated heterocycles. The van der Waals surface area contributed by atoms with E-state index in [0.29, 0.717) is 5.56 Å². The first-order valence-corrected chi connectivity index (χ1v) is 6.01. The van der Waals surface area contributed by atoms with Gasteiger partial charge in [-0.15, -0.1) is 0 Å². The van der Waals surface area contributed by atoms with Crippen molar-refractivity contribution in [2.24, 2.45) is 0 Å². The summed E-state index contributed by atoms with van der Waals surface area (Å²) in [5, 5.41) is 0. The molecule has 0 radical (unpaired) electrons. The summed E-state index contributed by atoms with van der Waals surface area (Å²) in [6.45, 7) is 2.75. The Bertz CT molecular complexity index is 447. The van der Waals surface area contributed by atoms with Gasteiger partial charge in [0.05, 0.1) is 13.0 Å². The lowest BCUT2D eigenvalue weighted by atomic mass is 10.0. The van der Waals surface area contributed by atoms with Gasteiger partial charge in [0, 0.05) is 24.5 Å². The summed E-state index contributed by atoms with van der Waals surface area (Å²) in [7, 11) is 0. The second kappa shape index (κ2) is 6.41. The molecule has 0 fully saturated rings. The number of hydrogen-bond donors (Lipinski definition) is 0. The number of benzene rings is 1. The molecule has 3 nitrogen and oxygen atoms in total. The average Bonchev–Trinajstić information content (AvgIpc) is 2.35. The number of carbonyl (C=O) groups excluding carboxylic acids is 2. The first-order valence-electron chi connectivity index (χ1n) is 6.01. The normalized spacial score (nSPS) is 11.2. The summed E-state index contributed by atoms with van der Waals surface area (Å²) < 4.78 is 30.7. The lowest BCUT2D eigenvalue weighted by Crippen LogP contribution is -2.09. The number of ether oxygens (including phenoxy) is 1. The van der Waals surface area contributed by atoms with E-state index < -0.39 is 11.9 Å². The van der Waals surface area contributed by atoms with Crippen molar-refractivity contribution < 1.29 is 23.1 Å². The maximum atomic E-state index is 13.0. The molecule has 5 heteroatoms. The van der Waals surface area contributed by atoms with Crippen LogP contribution >= 0.6 is 0 Å². The van der Waals surface area contributed by atoms with E-state index in [-0.39, 0.29) is 30.8 Å². The lowest BCUT2D eigenvalue weighted by molar-refractivity contribution is -0.143.